The fourth-order valence-electron chi connectivity index (χ4n) is 1.82. The molecule has 1 aromatic carbocycles. The molecule has 2 rings (SSSR count). The standard InChI is InChI=1S/C9H10BBrO/c10-9(12)4-6-2-1-3-8(11)7(6)5-9/h1-3,12H,4-5,10H2. The summed E-state index contributed by atoms with van der Waals surface area (Å²) in [7, 11) is 1.89. The first-order valence-electron chi connectivity index (χ1n) is 4.07. The van der Waals surface area contributed by atoms with Crippen LogP contribution in [-0.4, -0.2) is 18.5 Å². The van der Waals surface area contributed by atoms with Gasteiger partial charge in [0.1, 0.15) is 7.85 Å². The number of hydrogen-bond acceptors (Lipinski definition) is 1. The van der Waals surface area contributed by atoms with E-state index in [-0.39, 0.29) is 0 Å². The van der Waals surface area contributed by atoms with E-state index in [9.17, 15) is 5.11 Å². The van der Waals surface area contributed by atoms with Crippen molar-refractivity contribution in [2.45, 2.75) is 18.3 Å². The molecule has 12 heavy (non-hydrogen) atoms. The Balaban J connectivity index is 2.48. The van der Waals surface area contributed by atoms with Crippen LogP contribution in [0, 0.1) is 0 Å². The molecule has 1 aliphatic carbocycles. The Morgan fingerprint density at radius 1 is 1.42 bits per heavy atom. The van der Waals surface area contributed by atoms with E-state index in [1.54, 1.807) is 0 Å². The van der Waals surface area contributed by atoms with E-state index in [0.717, 1.165) is 17.3 Å². The Hall–Kier alpha value is -0.275. The second-order valence-corrected chi connectivity index (χ2v) is 4.58. The van der Waals surface area contributed by atoms with E-state index in [0.29, 0.717) is 0 Å². The van der Waals surface area contributed by atoms with Crippen LogP contribution >= 0.6 is 15.9 Å². The fourth-order valence-corrected chi connectivity index (χ4v) is 2.37. The molecule has 0 heterocycles. The van der Waals surface area contributed by atoms with E-state index in [1.165, 1.54) is 11.1 Å². The molecule has 1 N–H and O–H groups in total. The van der Waals surface area contributed by atoms with Crippen molar-refractivity contribution in [2.24, 2.45) is 0 Å². The van der Waals surface area contributed by atoms with Crippen molar-refractivity contribution in [3.05, 3.63) is 33.8 Å². The number of hydrogen-bond donors (Lipinski definition) is 1. The van der Waals surface area contributed by atoms with Gasteiger partial charge in [0.05, 0.1) is 0 Å². The zero-order valence-corrected chi connectivity index (χ0v) is 8.56. The summed E-state index contributed by atoms with van der Waals surface area (Å²) >= 11 is 3.49. The van der Waals surface area contributed by atoms with Gasteiger partial charge < -0.3 is 5.11 Å². The largest absolute Gasteiger partial charge is 0.398 e. The molecule has 0 bridgehead atoms. The van der Waals surface area contributed by atoms with E-state index in [2.05, 4.69) is 22.0 Å². The minimum absolute atomic E-state index is 0.536. The first kappa shape index (κ1) is 8.33. The summed E-state index contributed by atoms with van der Waals surface area (Å²) in [4.78, 5) is 0. The van der Waals surface area contributed by atoms with Crippen LogP contribution in [0.25, 0.3) is 0 Å². The zero-order valence-electron chi connectivity index (χ0n) is 6.97. The highest BCUT2D eigenvalue weighted by atomic mass is 79.9. The smallest absolute Gasteiger partial charge is 0.143 e. The number of fused-ring (bicyclic) bond motifs is 1. The summed E-state index contributed by atoms with van der Waals surface area (Å²) < 4.78 is 1.12. The third kappa shape index (κ3) is 1.32. The van der Waals surface area contributed by atoms with Gasteiger partial charge in [-0.2, -0.15) is 0 Å². The van der Waals surface area contributed by atoms with Crippen molar-refractivity contribution in [1.29, 1.82) is 0 Å². The van der Waals surface area contributed by atoms with Gasteiger partial charge in [-0.1, -0.05) is 28.1 Å². The molecule has 1 nitrogen and oxygen atoms in total. The molecule has 1 atom stereocenters. The predicted octanol–water partition coefficient (Wildman–Crippen LogP) is 0.869. The monoisotopic (exact) mass is 224 g/mol. The summed E-state index contributed by atoms with van der Waals surface area (Å²) in [6, 6.07) is 6.13. The van der Waals surface area contributed by atoms with Crippen molar-refractivity contribution in [3.63, 3.8) is 0 Å². The lowest BCUT2D eigenvalue weighted by molar-refractivity contribution is 0.140. The Morgan fingerprint density at radius 2 is 2.17 bits per heavy atom. The Morgan fingerprint density at radius 3 is 2.83 bits per heavy atom. The first-order chi connectivity index (χ1) is 5.58. The highest BCUT2D eigenvalue weighted by Crippen LogP contribution is 2.32. The van der Waals surface area contributed by atoms with E-state index in [1.807, 2.05) is 20.0 Å². The van der Waals surface area contributed by atoms with Gasteiger partial charge in [-0.25, -0.2) is 0 Å². The van der Waals surface area contributed by atoms with E-state index < -0.39 is 5.50 Å². The van der Waals surface area contributed by atoms with Crippen LogP contribution in [0.2, 0.25) is 0 Å². The van der Waals surface area contributed by atoms with Gasteiger partial charge in [-0.05, 0) is 30.0 Å². The maximum absolute atomic E-state index is 9.82. The molecule has 3 heteroatoms. The van der Waals surface area contributed by atoms with Gasteiger partial charge in [0.2, 0.25) is 0 Å². The zero-order chi connectivity index (χ0) is 8.77. The van der Waals surface area contributed by atoms with Crippen LogP contribution in [0.15, 0.2) is 22.7 Å². The second-order valence-electron chi connectivity index (χ2n) is 3.73. The van der Waals surface area contributed by atoms with Gasteiger partial charge in [0.25, 0.3) is 0 Å². The van der Waals surface area contributed by atoms with Crippen molar-refractivity contribution < 1.29 is 5.11 Å². The van der Waals surface area contributed by atoms with Crippen molar-refractivity contribution in [1.82, 2.24) is 0 Å². The third-order valence-corrected chi connectivity index (χ3v) is 3.09. The normalized spacial score (nSPS) is 27.2. The van der Waals surface area contributed by atoms with Crippen LogP contribution in [-0.2, 0) is 12.8 Å². The molecule has 1 aromatic rings. The highest BCUT2D eigenvalue weighted by Gasteiger charge is 2.31. The average Bonchev–Trinajstić information content (AvgIpc) is 2.25. The van der Waals surface area contributed by atoms with Crippen LogP contribution in [0.4, 0.5) is 0 Å². The highest BCUT2D eigenvalue weighted by molar-refractivity contribution is 9.10. The van der Waals surface area contributed by atoms with Gasteiger partial charge in [-0.3, -0.25) is 0 Å². The summed E-state index contributed by atoms with van der Waals surface area (Å²) in [6.07, 6.45) is 1.55. The molecule has 0 radical (unpaired) electrons. The molecule has 0 fully saturated rings. The molecule has 0 aliphatic heterocycles. The maximum Gasteiger partial charge on any atom is 0.143 e. The van der Waals surface area contributed by atoms with Crippen molar-refractivity contribution >= 4 is 23.8 Å². The summed E-state index contributed by atoms with van der Waals surface area (Å²) in [6.45, 7) is 0. The molecule has 62 valence electrons. The number of benzene rings is 1. The molecule has 0 aromatic heterocycles. The van der Waals surface area contributed by atoms with E-state index >= 15 is 0 Å². The lowest BCUT2D eigenvalue weighted by atomic mass is 9.79. The number of halogens is 1. The van der Waals surface area contributed by atoms with Gasteiger partial charge >= 0.3 is 0 Å². The van der Waals surface area contributed by atoms with Crippen LogP contribution < -0.4 is 0 Å². The Labute approximate surface area is 81.3 Å². The van der Waals surface area contributed by atoms with E-state index in [4.69, 9.17) is 0 Å². The maximum atomic E-state index is 9.82. The molecule has 1 unspecified atom stereocenters. The lowest BCUT2D eigenvalue weighted by Gasteiger charge is -2.13. The average molecular weight is 225 g/mol. The van der Waals surface area contributed by atoms with Gasteiger partial charge in [0, 0.05) is 9.97 Å². The minimum Gasteiger partial charge on any atom is -0.398 e. The minimum atomic E-state index is -0.536. The van der Waals surface area contributed by atoms with Gasteiger partial charge in [-0.15, -0.1) is 0 Å². The Bertz CT molecular complexity index is 322. The lowest BCUT2D eigenvalue weighted by Crippen LogP contribution is -2.29. The fraction of sp³-hybridized carbons (Fsp3) is 0.333. The third-order valence-electron chi connectivity index (χ3n) is 2.34. The van der Waals surface area contributed by atoms with Crippen LogP contribution in [0.5, 0.6) is 0 Å². The second kappa shape index (κ2) is 2.61. The molecule has 0 amide bonds. The van der Waals surface area contributed by atoms with Crippen LogP contribution in [0.3, 0.4) is 0 Å². The predicted molar refractivity (Wildman–Crippen MR) is 55.0 cm³/mol. The van der Waals surface area contributed by atoms with Crippen molar-refractivity contribution in [2.75, 3.05) is 0 Å². The number of aliphatic hydroxyl groups is 1. The van der Waals surface area contributed by atoms with Crippen molar-refractivity contribution in [3.8, 4) is 0 Å². The topological polar surface area (TPSA) is 20.2 Å². The molecular formula is C9H10BBrO. The summed E-state index contributed by atoms with van der Waals surface area (Å²) in [5.74, 6) is 0. The number of rotatable bonds is 0. The quantitative estimate of drug-likeness (QED) is 0.649. The SMILES string of the molecule is BC1(O)Cc2cccc(Br)c2C1. The summed E-state index contributed by atoms with van der Waals surface area (Å²) in [5, 5.41) is 9.82. The summed E-state index contributed by atoms with van der Waals surface area (Å²) in [5.41, 5.74) is 2.00. The molecular weight excluding hydrogens is 215 g/mol. The van der Waals surface area contributed by atoms with Gasteiger partial charge in [0.15, 0.2) is 0 Å². The molecule has 0 saturated carbocycles. The Kier molecular flexibility index (Phi) is 1.81. The first-order valence-corrected chi connectivity index (χ1v) is 4.86. The molecule has 0 spiro atoms. The van der Waals surface area contributed by atoms with Crippen LogP contribution in [0.1, 0.15) is 11.1 Å². The molecule has 0 saturated heterocycles. The molecule has 1 aliphatic rings.